The average molecular weight is 626 g/mol. The van der Waals surface area contributed by atoms with Crippen molar-refractivity contribution in [3.63, 3.8) is 0 Å². The predicted molar refractivity (Wildman–Crippen MR) is 189 cm³/mol. The van der Waals surface area contributed by atoms with Gasteiger partial charge in [0.25, 0.3) is 0 Å². The Hall–Kier alpha value is -3.15. The summed E-state index contributed by atoms with van der Waals surface area (Å²) in [5.74, 6) is -1.37. The van der Waals surface area contributed by atoms with E-state index < -0.39 is 5.97 Å². The highest BCUT2D eigenvalue weighted by Gasteiger charge is 2.14. The molecular formula is C39H63NO5. The molecule has 1 unspecified atom stereocenters. The lowest BCUT2D eigenvalue weighted by molar-refractivity contribution is -0.150. The largest absolute Gasteiger partial charge is 0.480 e. The maximum absolute atomic E-state index is 12.4. The van der Waals surface area contributed by atoms with Gasteiger partial charge in [0.05, 0.1) is 0 Å². The van der Waals surface area contributed by atoms with Gasteiger partial charge in [-0.15, -0.1) is 0 Å². The smallest absolute Gasteiger partial charge is 0.322 e. The van der Waals surface area contributed by atoms with Gasteiger partial charge in [0.1, 0.15) is 12.6 Å². The van der Waals surface area contributed by atoms with Crippen LogP contribution in [0.5, 0.6) is 0 Å². The topological polar surface area (TPSA) is 92.7 Å². The molecule has 0 aromatic carbocycles. The highest BCUT2D eigenvalue weighted by Crippen LogP contribution is 2.16. The quantitative estimate of drug-likeness (QED) is 0.0471. The standard InChI is InChI=1S/C39H63NO5/c1-3-5-7-8-9-10-11-12-13-14-15-16-17-18-19-20-21-22-23-24-25-26-30-34-39(44)45-36(31-6-4-2)32-28-27-29-33-37(41)40-35-38(42)43/h5,7,9-10,12-13,15-16,18-19,21-22,36H,3-4,6,8,11,14,17,20,23-35H2,1-2H3,(H,40,41)(H,42,43)/b7-5-,10-9-,13-12-,16-15-,19-18-,22-21-. The fraction of sp³-hybridized carbons (Fsp3) is 0.615. The molecular weight excluding hydrogens is 562 g/mol. The van der Waals surface area contributed by atoms with E-state index in [2.05, 4.69) is 92.1 Å². The van der Waals surface area contributed by atoms with Gasteiger partial charge >= 0.3 is 11.9 Å². The zero-order valence-corrected chi connectivity index (χ0v) is 28.4. The van der Waals surface area contributed by atoms with Crippen LogP contribution in [0.3, 0.4) is 0 Å². The maximum atomic E-state index is 12.4. The zero-order valence-electron chi connectivity index (χ0n) is 28.4. The molecule has 1 amide bonds. The van der Waals surface area contributed by atoms with Crippen molar-refractivity contribution in [1.82, 2.24) is 5.32 Å². The van der Waals surface area contributed by atoms with Crippen LogP contribution in [0.4, 0.5) is 0 Å². The summed E-state index contributed by atoms with van der Waals surface area (Å²) in [6.45, 7) is 3.95. The van der Waals surface area contributed by atoms with E-state index in [1.165, 1.54) is 0 Å². The molecule has 0 fully saturated rings. The Bertz CT molecular complexity index is 912. The SMILES string of the molecule is CC/C=C\C/C=C\C/C=C\C/C=C\C/C=C\C/C=C\CCCCCCC(=O)OC(CCCC)CCCCCC(=O)NCC(=O)O. The summed E-state index contributed by atoms with van der Waals surface area (Å²) in [5, 5.41) is 11.0. The molecule has 2 N–H and O–H groups in total. The molecule has 0 heterocycles. The number of allylic oxidation sites excluding steroid dienone is 12. The number of hydrogen-bond acceptors (Lipinski definition) is 4. The Morgan fingerprint density at radius 2 is 1.09 bits per heavy atom. The van der Waals surface area contributed by atoms with E-state index in [4.69, 9.17) is 9.84 Å². The molecule has 254 valence electrons. The lowest BCUT2D eigenvalue weighted by Gasteiger charge is -2.18. The molecule has 0 bridgehead atoms. The molecule has 6 heteroatoms. The Balaban J connectivity index is 3.81. The highest BCUT2D eigenvalue weighted by atomic mass is 16.5. The first kappa shape index (κ1) is 41.9. The number of ether oxygens (including phenoxy) is 1. The number of rotatable bonds is 30. The molecule has 0 aliphatic heterocycles. The minimum Gasteiger partial charge on any atom is -0.480 e. The minimum atomic E-state index is -1.04. The van der Waals surface area contributed by atoms with E-state index >= 15 is 0 Å². The van der Waals surface area contributed by atoms with Gasteiger partial charge in [0, 0.05) is 12.8 Å². The molecule has 6 nitrogen and oxygen atoms in total. The van der Waals surface area contributed by atoms with Crippen molar-refractivity contribution in [2.75, 3.05) is 6.54 Å². The normalized spacial score (nSPS) is 12.9. The Morgan fingerprint density at radius 3 is 1.64 bits per heavy atom. The van der Waals surface area contributed by atoms with Gasteiger partial charge in [-0.2, -0.15) is 0 Å². The maximum Gasteiger partial charge on any atom is 0.322 e. The fourth-order valence-electron chi connectivity index (χ4n) is 4.56. The number of carboxylic acids is 1. The molecule has 0 aromatic heterocycles. The summed E-state index contributed by atoms with van der Waals surface area (Å²) >= 11 is 0. The molecule has 0 rings (SSSR count). The number of unbranched alkanes of at least 4 members (excludes halogenated alkanes) is 7. The number of aliphatic carboxylic acids is 1. The van der Waals surface area contributed by atoms with Crippen LogP contribution in [0.25, 0.3) is 0 Å². The number of nitrogens with one attached hydrogen (secondary N) is 1. The molecule has 0 radical (unpaired) electrons. The van der Waals surface area contributed by atoms with E-state index in [9.17, 15) is 14.4 Å². The summed E-state index contributed by atoms with van der Waals surface area (Å²) in [5.41, 5.74) is 0. The second-order valence-corrected chi connectivity index (χ2v) is 11.4. The molecule has 0 saturated heterocycles. The van der Waals surface area contributed by atoms with Crippen LogP contribution in [0.2, 0.25) is 0 Å². The van der Waals surface area contributed by atoms with Crippen molar-refractivity contribution >= 4 is 17.8 Å². The van der Waals surface area contributed by atoms with Gasteiger partial charge in [-0.1, -0.05) is 119 Å². The van der Waals surface area contributed by atoms with Crippen molar-refractivity contribution < 1.29 is 24.2 Å². The number of carboxylic acid groups (broad SMARTS) is 1. The lowest BCUT2D eigenvalue weighted by atomic mass is 10.0. The summed E-state index contributed by atoms with van der Waals surface area (Å²) in [6, 6.07) is 0. The molecule has 0 aliphatic rings. The van der Waals surface area contributed by atoms with Gasteiger partial charge in [-0.05, 0) is 83.5 Å². The molecule has 45 heavy (non-hydrogen) atoms. The molecule has 0 aliphatic carbocycles. The summed E-state index contributed by atoms with van der Waals surface area (Å²) < 4.78 is 5.78. The zero-order chi connectivity index (χ0) is 33.1. The highest BCUT2D eigenvalue weighted by molar-refractivity contribution is 5.80. The second kappa shape index (κ2) is 33.7. The van der Waals surface area contributed by atoms with Gasteiger partial charge in [-0.25, -0.2) is 0 Å². The van der Waals surface area contributed by atoms with E-state index in [-0.39, 0.29) is 24.5 Å². The van der Waals surface area contributed by atoms with Crippen LogP contribution in [0, 0.1) is 0 Å². The van der Waals surface area contributed by atoms with E-state index in [0.717, 1.165) is 109 Å². The van der Waals surface area contributed by atoms with E-state index in [1.807, 2.05) is 0 Å². The van der Waals surface area contributed by atoms with E-state index in [1.54, 1.807) is 0 Å². The van der Waals surface area contributed by atoms with Gasteiger partial charge in [0.2, 0.25) is 5.91 Å². The van der Waals surface area contributed by atoms with Crippen LogP contribution < -0.4 is 5.32 Å². The fourth-order valence-corrected chi connectivity index (χ4v) is 4.56. The third-order valence-electron chi connectivity index (χ3n) is 7.14. The average Bonchev–Trinajstić information content (AvgIpc) is 3.02. The summed E-state index contributed by atoms with van der Waals surface area (Å²) in [6.07, 6.45) is 45.0. The van der Waals surface area contributed by atoms with Gasteiger partial charge < -0.3 is 15.2 Å². The van der Waals surface area contributed by atoms with Crippen LogP contribution in [-0.4, -0.2) is 35.6 Å². The van der Waals surface area contributed by atoms with Crippen molar-refractivity contribution in [3.05, 3.63) is 72.9 Å². The van der Waals surface area contributed by atoms with Crippen molar-refractivity contribution in [1.29, 1.82) is 0 Å². The van der Waals surface area contributed by atoms with E-state index in [0.29, 0.717) is 19.3 Å². The van der Waals surface area contributed by atoms with Crippen LogP contribution in [0.1, 0.15) is 142 Å². The predicted octanol–water partition coefficient (Wildman–Crippen LogP) is 10.3. The van der Waals surface area contributed by atoms with Gasteiger partial charge in [-0.3, -0.25) is 14.4 Å². The van der Waals surface area contributed by atoms with Crippen LogP contribution in [0.15, 0.2) is 72.9 Å². The van der Waals surface area contributed by atoms with Gasteiger partial charge in [0.15, 0.2) is 0 Å². The number of carbonyl (C=O) groups excluding carboxylic acids is 2. The Labute approximate surface area is 274 Å². The van der Waals surface area contributed by atoms with Crippen molar-refractivity contribution in [2.24, 2.45) is 0 Å². The van der Waals surface area contributed by atoms with Crippen LogP contribution in [-0.2, 0) is 19.1 Å². The lowest BCUT2D eigenvalue weighted by Crippen LogP contribution is -2.28. The third-order valence-corrected chi connectivity index (χ3v) is 7.14. The number of amides is 1. The molecule has 0 saturated carbocycles. The number of hydrogen-bond donors (Lipinski definition) is 2. The number of carbonyl (C=O) groups is 3. The second-order valence-electron chi connectivity index (χ2n) is 11.4. The first-order valence-corrected chi connectivity index (χ1v) is 17.6. The summed E-state index contributed by atoms with van der Waals surface area (Å²) in [4.78, 5) is 34.5. The third kappa shape index (κ3) is 33.6. The number of esters is 1. The first-order valence-electron chi connectivity index (χ1n) is 17.6. The Kier molecular flexibility index (Phi) is 31.4. The first-order chi connectivity index (χ1) is 22.0. The molecule has 0 spiro atoms. The van der Waals surface area contributed by atoms with Crippen molar-refractivity contribution in [3.8, 4) is 0 Å². The molecule has 1 atom stereocenters. The summed E-state index contributed by atoms with van der Waals surface area (Å²) in [7, 11) is 0. The monoisotopic (exact) mass is 625 g/mol. The van der Waals surface area contributed by atoms with Crippen LogP contribution >= 0.6 is 0 Å². The Morgan fingerprint density at radius 1 is 0.600 bits per heavy atom. The van der Waals surface area contributed by atoms with Crippen molar-refractivity contribution in [2.45, 2.75) is 148 Å². The minimum absolute atomic E-state index is 0.0496. The molecule has 0 aromatic rings.